The van der Waals surface area contributed by atoms with Gasteiger partial charge in [-0.2, -0.15) is 0 Å². The Morgan fingerprint density at radius 2 is 0.756 bits per heavy atom. The second-order valence-electron chi connectivity index (χ2n) is 21.0. The zero-order chi connectivity index (χ0) is 35.5. The first-order chi connectivity index (χ1) is 19.8. The third-order valence-corrected chi connectivity index (χ3v) is 40.7. The molecule has 252 valence electrons. The number of rotatable bonds is 11. The molecule has 0 saturated heterocycles. The minimum Gasteiger partial charge on any atom is -0.206 e. The van der Waals surface area contributed by atoms with E-state index >= 15 is 0 Å². The van der Waals surface area contributed by atoms with E-state index in [1.54, 1.807) is 21.9 Å². The van der Waals surface area contributed by atoms with Crippen LogP contribution in [0, 0.1) is 31.7 Å². The number of benzene rings is 2. The van der Waals surface area contributed by atoms with E-state index in [1.807, 2.05) is 0 Å². The number of nitriles is 1. The Bertz CT molecular complexity index is 1290. The van der Waals surface area contributed by atoms with Crippen molar-refractivity contribution < 1.29 is 0 Å². The average molecular weight is 727 g/mol. The minimum atomic E-state index is -2.23. The summed E-state index contributed by atoms with van der Waals surface area (Å²) in [6.07, 6.45) is 0. The number of hydrogen-bond acceptors (Lipinski definition) is 1. The van der Waals surface area contributed by atoms with Gasteiger partial charge in [0.2, 0.25) is 8.80 Å². The van der Waals surface area contributed by atoms with Gasteiger partial charge in [-0.15, -0.1) is 0 Å². The average Bonchev–Trinajstić information content (AvgIpc) is 2.70. The lowest BCUT2D eigenvalue weighted by atomic mass is 10.1. The lowest BCUT2D eigenvalue weighted by molar-refractivity contribution is 1.10. The molecule has 8 heteroatoms. The Labute approximate surface area is 288 Å². The SMILES string of the molecule is Cc1cc(C)c([SiH](C#N)c2c(C([Si](C)(C)C)[Si](C)(C)C)cc(C([Si](C)(C)C)[Si](C)(C)C)cc2C([Si](C)(C)C)[Si](C)(C)C)c(C)c1. The second kappa shape index (κ2) is 13.4. The number of hydrogen-bond donors (Lipinski definition) is 0. The summed E-state index contributed by atoms with van der Waals surface area (Å²) in [6, 6.07) is 10.3. The quantitative estimate of drug-likeness (QED) is 0.212. The van der Waals surface area contributed by atoms with Crippen LogP contribution >= 0.6 is 0 Å². The highest BCUT2D eigenvalue weighted by molar-refractivity contribution is 7.00. The van der Waals surface area contributed by atoms with E-state index < -0.39 is 57.2 Å². The monoisotopic (exact) mass is 725 g/mol. The Balaban J connectivity index is 3.52. The molecule has 1 nitrogen and oxygen atoms in total. The van der Waals surface area contributed by atoms with Crippen LogP contribution in [-0.4, -0.2) is 57.2 Å². The van der Waals surface area contributed by atoms with Gasteiger partial charge < -0.3 is 0 Å². The molecule has 2 aromatic carbocycles. The molecular formula is C37H71NSi7. The van der Waals surface area contributed by atoms with E-state index in [0.29, 0.717) is 15.5 Å². The van der Waals surface area contributed by atoms with Gasteiger partial charge in [0.05, 0.1) is 0 Å². The van der Waals surface area contributed by atoms with Crippen molar-refractivity contribution >= 4 is 67.6 Å². The van der Waals surface area contributed by atoms with Crippen LogP contribution in [0.5, 0.6) is 0 Å². The predicted octanol–water partition coefficient (Wildman–Crippen LogP) is 10.5. The van der Waals surface area contributed by atoms with Gasteiger partial charge in [-0.05, 0) is 63.3 Å². The van der Waals surface area contributed by atoms with Crippen molar-refractivity contribution in [3.8, 4) is 5.69 Å². The number of aryl methyl sites for hydroxylation is 3. The Morgan fingerprint density at radius 3 is 1.00 bits per heavy atom. The van der Waals surface area contributed by atoms with Crippen LogP contribution in [0.25, 0.3) is 0 Å². The van der Waals surface area contributed by atoms with Gasteiger partial charge in [0.1, 0.15) is 0 Å². The molecule has 0 saturated carbocycles. The first kappa shape index (κ1) is 40.6. The fourth-order valence-electron chi connectivity index (χ4n) is 10.4. The molecule has 1 unspecified atom stereocenters. The van der Waals surface area contributed by atoms with Crippen LogP contribution in [-0.2, 0) is 0 Å². The highest BCUT2D eigenvalue weighted by atomic mass is 28.4. The largest absolute Gasteiger partial charge is 0.220 e. The fourth-order valence-corrected chi connectivity index (χ4v) is 52.0. The van der Waals surface area contributed by atoms with E-state index in [1.165, 1.54) is 21.9 Å². The van der Waals surface area contributed by atoms with E-state index in [0.717, 1.165) is 0 Å². The summed E-state index contributed by atoms with van der Waals surface area (Å²) in [5.74, 6) is 0. The molecule has 2 aromatic rings. The third kappa shape index (κ3) is 9.33. The standard InChI is InChI=1S/C37H71NSi7/c1-27-22-28(2)33(29(3)23-27)39(26-38)34-31(36(42(10,11)12)43(13,14)15)24-30(35(40(4,5)6)41(7,8)9)25-32(34)37(44(16,17)18)45(19,20)21/h22-25,35-37,39H,1-21H3. The summed E-state index contributed by atoms with van der Waals surface area (Å²) in [5.41, 5.74) is 12.1. The molecule has 0 amide bonds. The zero-order valence-corrected chi connectivity index (χ0v) is 40.7. The maximum atomic E-state index is 11.5. The van der Waals surface area contributed by atoms with Crippen LogP contribution < -0.4 is 10.4 Å². The molecule has 0 aromatic heterocycles. The Morgan fingerprint density at radius 1 is 0.467 bits per heavy atom. The topological polar surface area (TPSA) is 23.8 Å². The first-order valence-corrected chi connectivity index (χ1v) is 40.7. The van der Waals surface area contributed by atoms with Crippen LogP contribution in [0.3, 0.4) is 0 Å². The van der Waals surface area contributed by atoms with E-state index in [4.69, 9.17) is 0 Å². The van der Waals surface area contributed by atoms with Gasteiger partial charge in [-0.3, -0.25) is 0 Å². The van der Waals surface area contributed by atoms with Crippen molar-refractivity contribution in [2.24, 2.45) is 0 Å². The van der Waals surface area contributed by atoms with E-state index in [-0.39, 0.29) is 0 Å². The molecular weight excluding hydrogens is 655 g/mol. The summed E-state index contributed by atoms with van der Waals surface area (Å²) < 4.78 is 0. The Hall–Kier alpha value is -0.552. The molecule has 2 rings (SSSR count). The van der Waals surface area contributed by atoms with Gasteiger partial charge in [-0.1, -0.05) is 159 Å². The minimum absolute atomic E-state index is 0.612. The molecule has 0 aliphatic rings. The molecule has 0 N–H and O–H groups in total. The van der Waals surface area contributed by atoms with Crippen LogP contribution in [0.4, 0.5) is 0 Å². The molecule has 0 spiro atoms. The molecule has 0 heterocycles. The normalized spacial score (nSPS) is 14.8. The Kier molecular flexibility index (Phi) is 12.1. The van der Waals surface area contributed by atoms with E-state index in [9.17, 15) is 5.26 Å². The van der Waals surface area contributed by atoms with Gasteiger partial charge >= 0.3 is 0 Å². The van der Waals surface area contributed by atoms with E-state index in [2.05, 4.69) is 169 Å². The van der Waals surface area contributed by atoms with Crippen molar-refractivity contribution in [3.05, 3.63) is 57.6 Å². The lowest BCUT2D eigenvalue weighted by Crippen LogP contribution is -2.57. The molecule has 0 aliphatic carbocycles. The molecule has 0 fully saturated rings. The van der Waals surface area contributed by atoms with Gasteiger partial charge in [0.25, 0.3) is 0 Å². The first-order valence-electron chi connectivity index (χ1n) is 17.5. The van der Waals surface area contributed by atoms with Crippen molar-refractivity contribution in [2.75, 3.05) is 0 Å². The summed E-state index contributed by atoms with van der Waals surface area (Å²) >= 11 is 0. The maximum absolute atomic E-state index is 11.5. The summed E-state index contributed by atoms with van der Waals surface area (Å²) in [7, 11) is -12.0. The fraction of sp³-hybridized carbons (Fsp3) is 0.649. The third-order valence-electron chi connectivity index (χ3n) is 9.86. The smallest absolute Gasteiger partial charge is 0.206 e. The molecule has 1 atom stereocenters. The van der Waals surface area contributed by atoms with Gasteiger partial charge in [-0.25, -0.2) is 5.26 Å². The van der Waals surface area contributed by atoms with Crippen LogP contribution in [0.1, 0.15) is 48.9 Å². The van der Waals surface area contributed by atoms with Crippen molar-refractivity contribution in [2.45, 2.75) is 154 Å². The zero-order valence-electron chi connectivity index (χ0n) is 33.6. The molecule has 0 radical (unpaired) electrons. The van der Waals surface area contributed by atoms with Crippen LogP contribution in [0.15, 0.2) is 24.3 Å². The van der Waals surface area contributed by atoms with Crippen molar-refractivity contribution in [3.63, 3.8) is 0 Å². The predicted molar refractivity (Wildman–Crippen MR) is 227 cm³/mol. The summed E-state index contributed by atoms with van der Waals surface area (Å²) in [4.78, 5) is 0. The van der Waals surface area contributed by atoms with Crippen LogP contribution in [0.2, 0.25) is 118 Å². The van der Waals surface area contributed by atoms with Crippen molar-refractivity contribution in [1.29, 1.82) is 5.26 Å². The van der Waals surface area contributed by atoms with Gasteiger partial charge in [0.15, 0.2) is 0 Å². The highest BCUT2D eigenvalue weighted by Crippen LogP contribution is 2.44. The molecule has 0 aliphatic heterocycles. The molecule has 0 bridgehead atoms. The second-order valence-corrected chi connectivity index (χ2v) is 56.9. The highest BCUT2D eigenvalue weighted by Gasteiger charge is 2.48. The number of nitrogens with zero attached hydrogens (tertiary/aromatic N) is 1. The molecule has 45 heavy (non-hydrogen) atoms. The van der Waals surface area contributed by atoms with Crippen molar-refractivity contribution in [1.82, 2.24) is 0 Å². The van der Waals surface area contributed by atoms with Gasteiger partial charge in [0, 0.05) is 54.1 Å². The summed E-state index contributed by atoms with van der Waals surface area (Å²) in [5, 5.41) is 16.4. The lowest BCUT2D eigenvalue weighted by Gasteiger charge is -2.46. The summed E-state index contributed by atoms with van der Waals surface area (Å²) in [6.45, 7) is 54.0. The maximum Gasteiger partial charge on any atom is 0.220 e.